The highest BCUT2D eigenvalue weighted by Gasteiger charge is 2.16. The molecule has 0 bridgehead atoms. The smallest absolute Gasteiger partial charge is 0.415 e. The van der Waals surface area contributed by atoms with Crippen molar-refractivity contribution in [3.8, 4) is 0 Å². The Bertz CT molecular complexity index is 148. The summed E-state index contributed by atoms with van der Waals surface area (Å²) in [5, 5.41) is 26.1. The van der Waals surface area contributed by atoms with E-state index in [-0.39, 0.29) is 0 Å². The SMILES string of the molecule is CCCC(O)OC(=O)N(CO)CO. The van der Waals surface area contributed by atoms with Crippen molar-refractivity contribution in [2.24, 2.45) is 0 Å². The molecule has 1 amide bonds. The number of carbonyl (C=O) groups excluding carboxylic acids is 1. The number of hydrogen-bond donors (Lipinski definition) is 3. The van der Waals surface area contributed by atoms with Crippen LogP contribution in [-0.4, -0.2) is 46.1 Å². The van der Waals surface area contributed by atoms with Crippen LogP contribution in [0.15, 0.2) is 0 Å². The Balaban J connectivity index is 3.83. The predicted molar refractivity (Wildman–Crippen MR) is 43.4 cm³/mol. The summed E-state index contributed by atoms with van der Waals surface area (Å²) in [5.41, 5.74) is 0. The topological polar surface area (TPSA) is 90.2 Å². The number of hydrogen-bond acceptors (Lipinski definition) is 5. The predicted octanol–water partition coefficient (Wildman–Crippen LogP) is -0.557. The average Bonchev–Trinajstić information content (AvgIpc) is 2.06. The van der Waals surface area contributed by atoms with Crippen molar-refractivity contribution in [1.82, 2.24) is 4.90 Å². The fraction of sp³-hybridized carbons (Fsp3) is 0.857. The van der Waals surface area contributed by atoms with Crippen molar-refractivity contribution < 1.29 is 24.9 Å². The Kier molecular flexibility index (Phi) is 6.21. The lowest BCUT2D eigenvalue weighted by Crippen LogP contribution is -2.35. The monoisotopic (exact) mass is 193 g/mol. The molecule has 0 fully saturated rings. The number of amides is 1. The van der Waals surface area contributed by atoms with Gasteiger partial charge in [-0.25, -0.2) is 4.79 Å². The number of aliphatic hydroxyl groups excluding tert-OH is 3. The minimum Gasteiger partial charge on any atom is -0.420 e. The fourth-order valence-electron chi connectivity index (χ4n) is 0.657. The van der Waals surface area contributed by atoms with Crippen LogP contribution in [0.4, 0.5) is 4.79 Å². The Morgan fingerprint density at radius 1 is 1.46 bits per heavy atom. The van der Waals surface area contributed by atoms with Crippen LogP contribution in [0.25, 0.3) is 0 Å². The molecule has 0 saturated heterocycles. The van der Waals surface area contributed by atoms with Crippen LogP contribution in [0.5, 0.6) is 0 Å². The molecule has 0 aromatic rings. The van der Waals surface area contributed by atoms with E-state index in [1.807, 2.05) is 6.92 Å². The maximum atomic E-state index is 10.9. The molecule has 1 atom stereocenters. The minimum absolute atomic E-state index is 0.330. The quantitative estimate of drug-likeness (QED) is 0.509. The summed E-state index contributed by atoms with van der Waals surface area (Å²) in [6, 6.07) is 0. The Morgan fingerprint density at radius 3 is 2.38 bits per heavy atom. The third kappa shape index (κ3) is 4.66. The molecule has 0 saturated carbocycles. The van der Waals surface area contributed by atoms with Gasteiger partial charge in [0, 0.05) is 6.42 Å². The molecule has 13 heavy (non-hydrogen) atoms. The molecule has 0 aromatic carbocycles. The van der Waals surface area contributed by atoms with Gasteiger partial charge in [-0.2, -0.15) is 0 Å². The zero-order valence-corrected chi connectivity index (χ0v) is 7.51. The van der Waals surface area contributed by atoms with Crippen molar-refractivity contribution in [2.45, 2.75) is 26.1 Å². The number of carbonyl (C=O) groups is 1. The first-order valence-corrected chi connectivity index (χ1v) is 4.01. The minimum atomic E-state index is -1.18. The summed E-state index contributed by atoms with van der Waals surface area (Å²) in [6.45, 7) is 0.537. The molecular formula is C7H15NO5. The van der Waals surface area contributed by atoms with Gasteiger partial charge < -0.3 is 20.1 Å². The number of aliphatic hydroxyl groups is 3. The molecule has 3 N–H and O–H groups in total. The third-order valence-electron chi connectivity index (χ3n) is 1.37. The molecular weight excluding hydrogens is 178 g/mol. The molecule has 0 aliphatic carbocycles. The third-order valence-corrected chi connectivity index (χ3v) is 1.37. The highest BCUT2D eigenvalue weighted by Crippen LogP contribution is 2.01. The second-order valence-electron chi connectivity index (χ2n) is 2.45. The van der Waals surface area contributed by atoms with E-state index in [4.69, 9.17) is 15.3 Å². The maximum absolute atomic E-state index is 10.9. The first kappa shape index (κ1) is 12.2. The molecule has 0 aliphatic rings. The van der Waals surface area contributed by atoms with Crippen molar-refractivity contribution in [2.75, 3.05) is 13.5 Å². The highest BCUT2D eigenvalue weighted by atomic mass is 16.6. The maximum Gasteiger partial charge on any atom is 0.415 e. The standard InChI is InChI=1S/C7H15NO5/c1-2-3-6(11)13-7(12)8(4-9)5-10/h6,9-11H,2-5H2,1H3. The first-order chi connectivity index (χ1) is 6.15. The van der Waals surface area contributed by atoms with E-state index in [1.54, 1.807) is 0 Å². The zero-order chi connectivity index (χ0) is 10.3. The fourth-order valence-corrected chi connectivity index (χ4v) is 0.657. The van der Waals surface area contributed by atoms with Gasteiger partial charge in [-0.1, -0.05) is 13.3 Å². The molecule has 0 aromatic heterocycles. The van der Waals surface area contributed by atoms with Crippen LogP contribution in [0, 0.1) is 0 Å². The summed E-state index contributed by atoms with van der Waals surface area (Å²) in [4.78, 5) is 11.6. The lowest BCUT2D eigenvalue weighted by Gasteiger charge is -2.18. The second-order valence-corrected chi connectivity index (χ2v) is 2.45. The molecule has 0 rings (SSSR count). The van der Waals surface area contributed by atoms with Crippen LogP contribution in [0.1, 0.15) is 19.8 Å². The molecule has 6 nitrogen and oxygen atoms in total. The van der Waals surface area contributed by atoms with Crippen LogP contribution >= 0.6 is 0 Å². The van der Waals surface area contributed by atoms with Crippen LogP contribution in [0.2, 0.25) is 0 Å². The molecule has 0 radical (unpaired) electrons. The lowest BCUT2D eigenvalue weighted by molar-refractivity contribution is -0.0821. The van der Waals surface area contributed by atoms with Crippen LogP contribution < -0.4 is 0 Å². The largest absolute Gasteiger partial charge is 0.420 e. The van der Waals surface area contributed by atoms with E-state index in [0.717, 1.165) is 0 Å². The van der Waals surface area contributed by atoms with E-state index in [2.05, 4.69) is 4.74 Å². The molecule has 78 valence electrons. The van der Waals surface area contributed by atoms with Gasteiger partial charge >= 0.3 is 6.09 Å². The Hall–Kier alpha value is -0.850. The van der Waals surface area contributed by atoms with E-state index in [0.29, 0.717) is 17.7 Å². The van der Waals surface area contributed by atoms with Gasteiger partial charge in [0.1, 0.15) is 13.5 Å². The van der Waals surface area contributed by atoms with E-state index in [9.17, 15) is 4.79 Å². The zero-order valence-electron chi connectivity index (χ0n) is 7.51. The van der Waals surface area contributed by atoms with Crippen LogP contribution in [-0.2, 0) is 4.74 Å². The highest BCUT2D eigenvalue weighted by molar-refractivity contribution is 5.67. The van der Waals surface area contributed by atoms with E-state index >= 15 is 0 Å². The van der Waals surface area contributed by atoms with Gasteiger partial charge in [0.05, 0.1) is 0 Å². The molecule has 0 aliphatic heterocycles. The summed E-state index contributed by atoms with van der Waals surface area (Å²) in [7, 11) is 0. The van der Waals surface area contributed by atoms with E-state index < -0.39 is 25.8 Å². The van der Waals surface area contributed by atoms with Crippen molar-refractivity contribution in [1.29, 1.82) is 0 Å². The summed E-state index contributed by atoms with van der Waals surface area (Å²) >= 11 is 0. The Morgan fingerprint density at radius 2 is 2.00 bits per heavy atom. The van der Waals surface area contributed by atoms with Gasteiger partial charge in [-0.15, -0.1) is 0 Å². The number of rotatable bonds is 5. The van der Waals surface area contributed by atoms with Gasteiger partial charge in [0.2, 0.25) is 6.29 Å². The summed E-state index contributed by atoms with van der Waals surface area (Å²) in [6.07, 6.45) is -1.12. The molecule has 6 heteroatoms. The Labute approximate surface area is 76.3 Å². The molecule has 0 heterocycles. The molecule has 0 spiro atoms. The lowest BCUT2D eigenvalue weighted by atomic mass is 10.3. The molecule has 1 unspecified atom stereocenters. The average molecular weight is 193 g/mol. The van der Waals surface area contributed by atoms with Crippen molar-refractivity contribution >= 4 is 6.09 Å². The second kappa shape index (κ2) is 6.64. The number of ether oxygens (including phenoxy) is 1. The van der Waals surface area contributed by atoms with Crippen LogP contribution in [0.3, 0.4) is 0 Å². The van der Waals surface area contributed by atoms with Crippen molar-refractivity contribution in [3.05, 3.63) is 0 Å². The first-order valence-electron chi connectivity index (χ1n) is 4.01. The van der Waals surface area contributed by atoms with Gasteiger partial charge in [0.25, 0.3) is 0 Å². The van der Waals surface area contributed by atoms with Gasteiger partial charge in [-0.3, -0.25) is 4.90 Å². The normalized spacial score (nSPS) is 12.3. The van der Waals surface area contributed by atoms with E-state index in [1.165, 1.54) is 0 Å². The van der Waals surface area contributed by atoms with Gasteiger partial charge in [-0.05, 0) is 0 Å². The summed E-state index contributed by atoms with van der Waals surface area (Å²) in [5.74, 6) is 0. The van der Waals surface area contributed by atoms with Gasteiger partial charge in [0.15, 0.2) is 0 Å². The van der Waals surface area contributed by atoms with Crippen molar-refractivity contribution in [3.63, 3.8) is 0 Å². The summed E-state index contributed by atoms with van der Waals surface area (Å²) < 4.78 is 4.46. The number of nitrogens with zero attached hydrogens (tertiary/aromatic N) is 1.